The summed E-state index contributed by atoms with van der Waals surface area (Å²) in [5.41, 5.74) is 12.9. The van der Waals surface area contributed by atoms with E-state index >= 15 is 0 Å². The van der Waals surface area contributed by atoms with Crippen molar-refractivity contribution in [1.82, 2.24) is 24.5 Å². The van der Waals surface area contributed by atoms with Gasteiger partial charge in [0, 0.05) is 41.0 Å². The van der Waals surface area contributed by atoms with Crippen LogP contribution in [0.15, 0.2) is 188 Å². The van der Waals surface area contributed by atoms with Crippen LogP contribution in [-0.2, 0) is 42.1 Å². The molecule has 0 aliphatic heterocycles. The number of benzene rings is 7. The van der Waals surface area contributed by atoms with Crippen LogP contribution in [0.2, 0.25) is 0 Å². The number of pyridine rings is 2. The van der Waals surface area contributed by atoms with E-state index in [-0.39, 0.29) is 42.1 Å². The van der Waals surface area contributed by atoms with Gasteiger partial charge in [-0.25, -0.2) is 9.97 Å². The second kappa shape index (κ2) is 19.7. The Bertz CT molecular complexity index is 3290. The fourth-order valence-corrected chi connectivity index (χ4v) is 8.32. The molecule has 0 fully saturated rings. The predicted octanol–water partition coefficient (Wildman–Crippen LogP) is 14.1. The topological polar surface area (TPSA) is 75.0 Å². The van der Waals surface area contributed by atoms with E-state index in [0.29, 0.717) is 28.9 Å². The maximum atomic E-state index is 6.47. The molecule has 9 heteroatoms. The summed E-state index contributed by atoms with van der Waals surface area (Å²) in [7, 11) is 0. The van der Waals surface area contributed by atoms with E-state index in [2.05, 4.69) is 101 Å². The molecule has 0 radical (unpaired) electrons. The molecular formula is C58H37N5O2Pt2. The standard InChI is InChI=1S/C58H37N5O2.2Pt/c1-38-57(46-32-44(40-15-5-3-6-16-40)31-45(33-46)41-17-7-4-8-18-41)39(2)62-58(61-38)63-55-36-49(64-47-21-13-19-42(34-47)53-23-9-11-29-59-53)25-27-51(55)52-28-26-50(37-56(52)63)65-48-22-14-20-43(35-48)54-24-10-12-30-60-54;;/h3-33H,1-2H3;;/q-4;2*+2. The van der Waals surface area contributed by atoms with Gasteiger partial charge in [0.15, 0.2) is 0 Å². The number of aryl methyl sites for hydroxylation is 2. The summed E-state index contributed by atoms with van der Waals surface area (Å²) < 4.78 is 14.9. The first-order chi connectivity index (χ1) is 32.0. The van der Waals surface area contributed by atoms with Gasteiger partial charge in [0.05, 0.1) is 11.4 Å². The largest absolute Gasteiger partial charge is 2.00 e. The van der Waals surface area contributed by atoms with Crippen LogP contribution in [0.3, 0.4) is 0 Å². The van der Waals surface area contributed by atoms with Crippen LogP contribution in [0, 0.1) is 38.1 Å². The zero-order chi connectivity index (χ0) is 43.7. The minimum absolute atomic E-state index is 0. The molecule has 0 amide bonds. The third kappa shape index (κ3) is 9.27. The normalized spacial score (nSPS) is 10.9. The summed E-state index contributed by atoms with van der Waals surface area (Å²) in [4.78, 5) is 19.6. The minimum atomic E-state index is 0. The predicted molar refractivity (Wildman–Crippen MR) is 257 cm³/mol. The van der Waals surface area contributed by atoms with Crippen molar-refractivity contribution < 1.29 is 51.6 Å². The van der Waals surface area contributed by atoms with Crippen molar-refractivity contribution in [1.29, 1.82) is 0 Å². The van der Waals surface area contributed by atoms with E-state index < -0.39 is 0 Å². The third-order valence-electron chi connectivity index (χ3n) is 11.3. The second-order valence-corrected chi connectivity index (χ2v) is 15.6. The van der Waals surface area contributed by atoms with Gasteiger partial charge in [-0.3, -0.25) is 0 Å². The van der Waals surface area contributed by atoms with E-state index in [1.165, 1.54) is 0 Å². The number of nitrogens with zero attached hydrogens (tertiary/aromatic N) is 5. The van der Waals surface area contributed by atoms with Crippen molar-refractivity contribution >= 4 is 21.8 Å². The Balaban J connectivity index is 0.00000281. The first kappa shape index (κ1) is 44.9. The molecule has 0 saturated heterocycles. The second-order valence-electron chi connectivity index (χ2n) is 15.6. The van der Waals surface area contributed by atoms with Crippen LogP contribution in [0.1, 0.15) is 11.4 Å². The number of rotatable bonds is 10. The van der Waals surface area contributed by atoms with Gasteiger partial charge in [-0.2, -0.15) is 22.9 Å². The summed E-state index contributed by atoms with van der Waals surface area (Å²) in [6.45, 7) is 4.09. The van der Waals surface area contributed by atoms with Crippen LogP contribution in [0.5, 0.6) is 23.0 Å². The maximum Gasteiger partial charge on any atom is 2.00 e. The fourth-order valence-electron chi connectivity index (χ4n) is 8.32. The average Bonchev–Trinajstić information content (AvgIpc) is 3.67. The monoisotopic (exact) mass is 1230 g/mol. The molecule has 11 aromatic rings. The van der Waals surface area contributed by atoms with Gasteiger partial charge in [0.25, 0.3) is 0 Å². The molecule has 4 aromatic heterocycles. The summed E-state index contributed by atoms with van der Waals surface area (Å²) in [6.07, 6.45) is 3.54. The first-order valence-corrected chi connectivity index (χ1v) is 21.3. The third-order valence-corrected chi connectivity index (χ3v) is 11.3. The van der Waals surface area contributed by atoms with Crippen molar-refractivity contribution in [3.8, 4) is 84.8 Å². The Morgan fingerprint density at radius 3 is 1.28 bits per heavy atom. The molecule has 0 spiro atoms. The molecule has 0 saturated carbocycles. The van der Waals surface area contributed by atoms with Gasteiger partial charge in [-0.1, -0.05) is 108 Å². The van der Waals surface area contributed by atoms with Crippen LogP contribution in [0.4, 0.5) is 0 Å². The molecule has 0 aliphatic rings. The fraction of sp³-hybridized carbons (Fsp3) is 0.0345. The molecule has 67 heavy (non-hydrogen) atoms. The number of hydrogen-bond acceptors (Lipinski definition) is 6. The average molecular weight is 1230 g/mol. The molecule has 7 nitrogen and oxygen atoms in total. The van der Waals surface area contributed by atoms with Crippen LogP contribution in [0.25, 0.3) is 83.6 Å². The van der Waals surface area contributed by atoms with E-state index in [9.17, 15) is 0 Å². The van der Waals surface area contributed by atoms with E-state index in [0.717, 1.165) is 89.1 Å². The van der Waals surface area contributed by atoms with Crippen molar-refractivity contribution in [2.45, 2.75) is 13.8 Å². The summed E-state index contributed by atoms with van der Waals surface area (Å²) in [5.74, 6) is 2.56. The molecule has 0 N–H and O–H groups in total. The van der Waals surface area contributed by atoms with E-state index in [4.69, 9.17) is 19.4 Å². The Labute approximate surface area is 417 Å². The van der Waals surface area contributed by atoms with Crippen LogP contribution >= 0.6 is 0 Å². The number of aromatic nitrogens is 5. The van der Waals surface area contributed by atoms with Gasteiger partial charge in [0.1, 0.15) is 0 Å². The van der Waals surface area contributed by atoms with E-state index in [1.807, 2.05) is 128 Å². The molecule has 4 heterocycles. The van der Waals surface area contributed by atoms with Crippen molar-refractivity contribution in [2.24, 2.45) is 0 Å². The molecule has 0 bridgehead atoms. The number of ether oxygens (including phenoxy) is 2. The Hall–Kier alpha value is -7.30. The van der Waals surface area contributed by atoms with Crippen LogP contribution in [-0.4, -0.2) is 24.5 Å². The Morgan fingerprint density at radius 2 is 0.836 bits per heavy atom. The van der Waals surface area contributed by atoms with Gasteiger partial charge in [-0.05, 0) is 83.4 Å². The van der Waals surface area contributed by atoms with Crippen molar-refractivity contribution in [3.05, 3.63) is 224 Å². The van der Waals surface area contributed by atoms with Crippen molar-refractivity contribution in [3.63, 3.8) is 0 Å². The minimum Gasteiger partial charge on any atom is -0.503 e. The number of fused-ring (bicyclic) bond motifs is 3. The molecule has 11 rings (SSSR count). The van der Waals surface area contributed by atoms with Crippen LogP contribution < -0.4 is 9.47 Å². The molecular weight excluding hydrogens is 1190 g/mol. The molecule has 0 aliphatic carbocycles. The zero-order valence-electron chi connectivity index (χ0n) is 36.1. The molecule has 326 valence electrons. The zero-order valence-corrected chi connectivity index (χ0v) is 40.6. The Kier molecular flexibility index (Phi) is 13.2. The van der Waals surface area contributed by atoms with Gasteiger partial charge in [-0.15, -0.1) is 71.8 Å². The van der Waals surface area contributed by atoms with Gasteiger partial charge in [0.2, 0.25) is 5.95 Å². The molecule has 7 aromatic carbocycles. The van der Waals surface area contributed by atoms with Gasteiger partial charge >= 0.3 is 42.1 Å². The number of hydrogen-bond donors (Lipinski definition) is 0. The molecule has 0 unspecified atom stereocenters. The maximum absolute atomic E-state index is 6.47. The van der Waals surface area contributed by atoms with E-state index in [1.54, 1.807) is 12.4 Å². The quantitative estimate of drug-likeness (QED) is 0.127. The smallest absolute Gasteiger partial charge is 0.503 e. The SMILES string of the molecule is Cc1nc(-n2c3[c-]c(Oc4[c-]c(-c5ccccn5)ccc4)ccc3c3ccc(Oc4[c-]c(-c5ccccn5)ccc4)[c-]c32)nc(C)c1-c1cc(-c2ccccc2)cc(-c2ccccc2)c1.[Pt+2].[Pt+2]. The first-order valence-electron chi connectivity index (χ1n) is 21.3. The van der Waals surface area contributed by atoms with Gasteiger partial charge < -0.3 is 24.0 Å². The Morgan fingerprint density at radius 1 is 0.403 bits per heavy atom. The summed E-state index contributed by atoms with van der Waals surface area (Å²) in [5, 5.41) is 1.85. The summed E-state index contributed by atoms with van der Waals surface area (Å²) in [6, 6.07) is 72.6. The summed E-state index contributed by atoms with van der Waals surface area (Å²) >= 11 is 0. The van der Waals surface area contributed by atoms with Crippen molar-refractivity contribution in [2.75, 3.05) is 0 Å². The molecule has 0 atom stereocenters.